The zero-order valence-electron chi connectivity index (χ0n) is 37.7. The molecule has 0 saturated carbocycles. The first-order chi connectivity index (χ1) is 30.8. The summed E-state index contributed by atoms with van der Waals surface area (Å²) in [4.78, 5) is 48.8. The van der Waals surface area contributed by atoms with Crippen LogP contribution < -0.4 is 19.5 Å². The highest BCUT2D eigenvalue weighted by atomic mass is 32.8. The molecule has 4 aromatic rings. The predicted octanol–water partition coefficient (Wildman–Crippen LogP) is 10.3. The third kappa shape index (κ3) is 9.88. The second-order valence-electron chi connectivity index (χ2n) is 17.9. The van der Waals surface area contributed by atoms with E-state index in [2.05, 4.69) is 56.4 Å². The normalized spacial score (nSPS) is 18.2. The van der Waals surface area contributed by atoms with Gasteiger partial charge in [-0.05, 0) is 129 Å². The van der Waals surface area contributed by atoms with Crippen molar-refractivity contribution in [2.45, 2.75) is 102 Å². The maximum absolute atomic E-state index is 14.0. The minimum absolute atomic E-state index is 0.00683. The van der Waals surface area contributed by atoms with Crippen LogP contribution in [-0.4, -0.2) is 77.1 Å². The summed E-state index contributed by atoms with van der Waals surface area (Å²) in [6.07, 6.45) is 14.7. The van der Waals surface area contributed by atoms with Crippen molar-refractivity contribution < 1.29 is 28.6 Å². The van der Waals surface area contributed by atoms with Crippen LogP contribution in [0.25, 0.3) is 11.1 Å². The molecule has 3 amide bonds. The number of carbonyl (C=O) groups is 3. The van der Waals surface area contributed by atoms with Gasteiger partial charge in [-0.15, -0.1) is 9.45 Å². The number of nitrogens with zero attached hydrogens (tertiary/aromatic N) is 3. The number of amides is 3. The third-order valence-electron chi connectivity index (χ3n) is 13.0. The minimum Gasteiger partial charge on any atom is -0.493 e. The van der Waals surface area contributed by atoms with Crippen molar-refractivity contribution in [3.05, 3.63) is 124 Å². The molecule has 0 fully saturated rings. The Morgan fingerprint density at radius 3 is 2.19 bits per heavy atom. The molecule has 64 heavy (non-hydrogen) atoms. The van der Waals surface area contributed by atoms with Gasteiger partial charge in [0.15, 0.2) is 11.5 Å². The fourth-order valence-electron chi connectivity index (χ4n) is 8.72. The number of carbonyl (C=O) groups excluding carboxylic acids is 3. The Bertz CT molecular complexity index is 2560. The Morgan fingerprint density at radius 1 is 0.828 bits per heavy atom. The van der Waals surface area contributed by atoms with Gasteiger partial charge in [0.25, 0.3) is 11.8 Å². The van der Waals surface area contributed by atoms with Crippen LogP contribution in [0.5, 0.6) is 17.2 Å². The molecule has 0 aromatic heterocycles. The molecule has 3 atom stereocenters. The van der Waals surface area contributed by atoms with Gasteiger partial charge in [-0.25, -0.2) is 0 Å². The van der Waals surface area contributed by atoms with Crippen LogP contribution in [0, 0.1) is 13.8 Å². The van der Waals surface area contributed by atoms with Crippen molar-refractivity contribution in [2.24, 2.45) is 4.99 Å². The van der Waals surface area contributed by atoms with Gasteiger partial charge in [-0.2, -0.15) is 0 Å². The summed E-state index contributed by atoms with van der Waals surface area (Å²) in [7, 11) is 1.40. The molecule has 10 nitrogen and oxygen atoms in total. The van der Waals surface area contributed by atoms with Crippen molar-refractivity contribution in [3.63, 3.8) is 0 Å². The van der Waals surface area contributed by atoms with Crippen LogP contribution >= 0.6 is 0 Å². The van der Waals surface area contributed by atoms with Crippen LogP contribution in [0.15, 0.2) is 90.2 Å². The number of hydrogen-bond acceptors (Lipinski definition) is 8. The molecule has 0 spiro atoms. The van der Waals surface area contributed by atoms with Crippen LogP contribution in [0.4, 0.5) is 11.4 Å². The number of benzene rings is 4. The number of unbranched alkanes of at least 4 members (excludes halogenated alkanes) is 2. The first-order valence-corrected chi connectivity index (χ1v) is 24.9. The molecular weight excluding hydrogens is 841 g/mol. The summed E-state index contributed by atoms with van der Waals surface area (Å²) in [6.45, 7) is 9.35. The van der Waals surface area contributed by atoms with E-state index in [0.717, 1.165) is 95.3 Å². The van der Waals surface area contributed by atoms with Crippen molar-refractivity contribution in [3.8, 4) is 17.2 Å². The third-order valence-corrected chi connectivity index (χ3v) is 16.1. The van der Waals surface area contributed by atoms with E-state index in [9.17, 15) is 14.4 Å². The molecule has 4 aliphatic rings. The Labute approximate surface area is 384 Å². The quantitative estimate of drug-likeness (QED) is 0.112. The lowest BCUT2D eigenvalue weighted by Crippen LogP contribution is -2.32. The number of methoxy groups -OCH3 is 1. The lowest BCUT2D eigenvalue weighted by molar-refractivity contribution is -0.116. The number of nitrogens with one attached hydrogen (secondary N) is 1. The average molecular weight is 899 g/mol. The van der Waals surface area contributed by atoms with Crippen LogP contribution in [0.3, 0.4) is 0 Å². The number of aryl methyl sites for hydroxylation is 3. The molecule has 12 heteroatoms. The zero-order valence-corrected chi connectivity index (χ0v) is 39.3. The molecule has 0 saturated heterocycles. The first-order valence-electron chi connectivity index (χ1n) is 22.3. The van der Waals surface area contributed by atoms with Gasteiger partial charge < -0.3 is 29.3 Å². The van der Waals surface area contributed by atoms with E-state index >= 15 is 0 Å². The molecule has 1 unspecified atom stereocenters. The van der Waals surface area contributed by atoms with Gasteiger partial charge in [-0.3, -0.25) is 19.4 Å². The molecule has 0 bridgehead atoms. The number of aliphatic imine (C=N–C) groups is 1. The Kier molecular flexibility index (Phi) is 13.5. The number of hydrogen-bond donors (Lipinski definition) is 1. The fourth-order valence-corrected chi connectivity index (χ4v) is 9.36. The molecule has 334 valence electrons. The van der Waals surface area contributed by atoms with Gasteiger partial charge in [-0.1, -0.05) is 67.0 Å². The first kappa shape index (κ1) is 45.0. The van der Waals surface area contributed by atoms with E-state index in [1.807, 2.05) is 67.0 Å². The van der Waals surface area contributed by atoms with Gasteiger partial charge >= 0.3 is 0 Å². The molecular formula is C52H58N4O6S2. The zero-order chi connectivity index (χ0) is 45.1. The molecule has 1 N–H and O–H groups in total. The van der Waals surface area contributed by atoms with E-state index in [4.69, 9.17) is 30.4 Å². The van der Waals surface area contributed by atoms with Crippen LogP contribution in [0.2, 0.25) is 0 Å². The summed E-state index contributed by atoms with van der Waals surface area (Å²) < 4.78 is 18.1. The van der Waals surface area contributed by atoms with E-state index in [0.29, 0.717) is 48.8 Å². The second-order valence-corrected chi connectivity index (χ2v) is 21.5. The maximum Gasteiger partial charge on any atom is 0.260 e. The summed E-state index contributed by atoms with van der Waals surface area (Å²) in [5, 5.41) is 3.02. The Balaban J connectivity index is 0.806. The highest BCUT2D eigenvalue weighted by molar-refractivity contribution is 8.29. The van der Waals surface area contributed by atoms with E-state index in [1.165, 1.54) is 5.56 Å². The Hall–Kier alpha value is -5.59. The highest BCUT2D eigenvalue weighted by Gasteiger charge is 2.35. The van der Waals surface area contributed by atoms with Gasteiger partial charge in [0.2, 0.25) is 5.91 Å². The number of rotatable bonds is 16. The van der Waals surface area contributed by atoms with Gasteiger partial charge in [0.1, 0.15) is 5.75 Å². The predicted molar refractivity (Wildman–Crippen MR) is 261 cm³/mol. The number of fused-ring (bicyclic) bond motifs is 4. The number of ether oxygens (including phenoxy) is 3. The number of anilines is 1. The Morgan fingerprint density at radius 2 is 1.48 bits per heavy atom. The molecule has 4 aliphatic heterocycles. The maximum atomic E-state index is 14.0. The molecule has 4 aromatic carbocycles. The fraction of sp³-hybridized carbons (Fsp3) is 0.385. The lowest BCUT2D eigenvalue weighted by Gasteiger charge is -2.23. The second kappa shape index (κ2) is 19.3. The van der Waals surface area contributed by atoms with Crippen molar-refractivity contribution in [2.75, 3.05) is 31.9 Å². The summed E-state index contributed by atoms with van der Waals surface area (Å²) >= 11 is 5.47. The van der Waals surface area contributed by atoms with Gasteiger partial charge in [0, 0.05) is 59.6 Å². The van der Waals surface area contributed by atoms with Crippen LogP contribution in [-0.2, 0) is 31.9 Å². The monoisotopic (exact) mass is 898 g/mol. The van der Waals surface area contributed by atoms with E-state index < -0.39 is 0 Å². The largest absolute Gasteiger partial charge is 0.493 e. The van der Waals surface area contributed by atoms with Crippen molar-refractivity contribution >= 4 is 67.1 Å². The highest BCUT2D eigenvalue weighted by Crippen LogP contribution is 2.41. The molecule has 4 heterocycles. The summed E-state index contributed by atoms with van der Waals surface area (Å²) in [5.41, 5.74) is 10.1. The lowest BCUT2D eigenvalue weighted by atomic mass is 9.96. The van der Waals surface area contributed by atoms with Crippen molar-refractivity contribution in [1.29, 1.82) is 0 Å². The SMILES string of the molecule is COc1cc2c(cc1OCCCCCOc1cc3c(cc1C)C(=O)N1C=C(c4ccc(NC(=O)CCC(C)(C)S(C)=S)cc4)C[C@H]1CC3)N=C[C@@H]1CC(c3ccc(C)cc3)=CN1C2=O. The molecule has 8 rings (SSSR count). The standard InChI is InChI=1S/C52H58N4O6S2/c1-33-10-12-35(13-11-33)39-26-42-30-53-45-29-48(47(60-5)28-44(45)51(59)56(42)32-39)62-23-9-7-8-22-61-46-27-37-16-19-41-25-38(31-55(41)50(58)43(37)24-34(46)2)36-14-17-40(18-15-36)54-49(57)20-21-52(3,4)64(6)63/h10-15,17-18,24,27-32,41-42H,7-9,16,19-23,25-26H2,1-6H3,(H,54,57)/t41-,42+,64?/m1/s1. The summed E-state index contributed by atoms with van der Waals surface area (Å²) in [5.74, 6) is 1.80. The minimum atomic E-state index is -0.180. The van der Waals surface area contributed by atoms with E-state index in [1.54, 1.807) is 24.1 Å². The average Bonchev–Trinajstić information content (AvgIpc) is 3.86. The smallest absolute Gasteiger partial charge is 0.260 e. The van der Waals surface area contributed by atoms with E-state index in [-0.39, 0.29) is 44.0 Å². The summed E-state index contributed by atoms with van der Waals surface area (Å²) in [6, 6.07) is 23.8. The molecule has 0 radical (unpaired) electrons. The van der Waals surface area contributed by atoms with Gasteiger partial charge in [0.05, 0.1) is 37.6 Å². The van der Waals surface area contributed by atoms with Crippen molar-refractivity contribution in [1.82, 2.24) is 9.80 Å². The topological polar surface area (TPSA) is 110 Å². The molecule has 0 aliphatic carbocycles. The van der Waals surface area contributed by atoms with Crippen LogP contribution in [0.1, 0.15) is 114 Å².